The summed E-state index contributed by atoms with van der Waals surface area (Å²) < 4.78 is 24.4. The molecule has 1 aliphatic heterocycles. The first-order chi connectivity index (χ1) is 7.44. The van der Waals surface area contributed by atoms with Crippen molar-refractivity contribution >= 4 is 28.3 Å². The van der Waals surface area contributed by atoms with E-state index in [1.54, 1.807) is 0 Å². The van der Waals surface area contributed by atoms with Gasteiger partial charge in [-0.15, -0.1) is 12.4 Å². The predicted molar refractivity (Wildman–Crippen MR) is 68.7 cm³/mol. The molecular formula is C9H20ClN3O3S. The molecule has 1 saturated heterocycles. The van der Waals surface area contributed by atoms with Crippen LogP contribution in [0.5, 0.6) is 0 Å². The first-order valence-electron chi connectivity index (χ1n) is 5.38. The van der Waals surface area contributed by atoms with E-state index in [4.69, 9.17) is 0 Å². The lowest BCUT2D eigenvalue weighted by Crippen LogP contribution is -2.53. The van der Waals surface area contributed by atoms with E-state index in [0.717, 1.165) is 19.4 Å². The first kappa shape index (κ1) is 16.6. The van der Waals surface area contributed by atoms with Crippen molar-refractivity contribution in [2.45, 2.75) is 31.8 Å². The van der Waals surface area contributed by atoms with Gasteiger partial charge in [0.1, 0.15) is 5.75 Å². The third-order valence-corrected chi connectivity index (χ3v) is 4.00. The van der Waals surface area contributed by atoms with Crippen LogP contribution >= 0.6 is 12.4 Å². The third-order valence-electron chi connectivity index (χ3n) is 2.74. The number of hydrogen-bond acceptors (Lipinski definition) is 4. The molecule has 3 N–H and O–H groups in total. The number of nitrogens with one attached hydrogen (secondary N) is 3. The molecule has 2 unspecified atom stereocenters. The van der Waals surface area contributed by atoms with Crippen molar-refractivity contribution in [2.75, 3.05) is 19.3 Å². The summed E-state index contributed by atoms with van der Waals surface area (Å²) in [6.07, 6.45) is 1.88. The monoisotopic (exact) mass is 285 g/mol. The molecular weight excluding hydrogens is 266 g/mol. The van der Waals surface area contributed by atoms with E-state index in [9.17, 15) is 13.2 Å². The lowest BCUT2D eigenvalue weighted by atomic mass is 10.00. The summed E-state index contributed by atoms with van der Waals surface area (Å²) in [6.45, 7) is 2.93. The molecule has 2 atom stereocenters. The average molecular weight is 286 g/mol. The van der Waals surface area contributed by atoms with Crippen LogP contribution in [0.15, 0.2) is 0 Å². The van der Waals surface area contributed by atoms with Crippen LogP contribution in [0.4, 0.5) is 0 Å². The fourth-order valence-electron chi connectivity index (χ4n) is 1.73. The smallest absolute Gasteiger partial charge is 0.236 e. The summed E-state index contributed by atoms with van der Waals surface area (Å²) in [4.78, 5) is 11.5. The highest BCUT2D eigenvalue weighted by Gasteiger charge is 2.24. The van der Waals surface area contributed by atoms with Gasteiger partial charge < -0.3 is 10.6 Å². The highest BCUT2D eigenvalue weighted by atomic mass is 35.5. The number of amides is 1. The number of halogens is 1. The minimum Gasteiger partial charge on any atom is -0.351 e. The summed E-state index contributed by atoms with van der Waals surface area (Å²) in [6, 6.07) is 0.211. The maximum atomic E-state index is 11.5. The Bertz CT molecular complexity index is 347. The maximum absolute atomic E-state index is 11.5. The van der Waals surface area contributed by atoms with Crippen molar-refractivity contribution in [1.82, 2.24) is 15.4 Å². The molecule has 0 aromatic rings. The van der Waals surface area contributed by atoms with Gasteiger partial charge in [0.15, 0.2) is 0 Å². The summed E-state index contributed by atoms with van der Waals surface area (Å²) in [5, 5.41) is 5.97. The second-order valence-corrected chi connectivity index (χ2v) is 5.95. The number of piperidine rings is 1. The molecule has 0 bridgehead atoms. The molecule has 0 aromatic heterocycles. The molecule has 1 fully saturated rings. The maximum Gasteiger partial charge on any atom is 0.236 e. The molecule has 102 valence electrons. The first-order valence-corrected chi connectivity index (χ1v) is 7.04. The van der Waals surface area contributed by atoms with Crippen LogP contribution in [0, 0.1) is 0 Å². The van der Waals surface area contributed by atoms with E-state index in [2.05, 4.69) is 15.4 Å². The summed E-state index contributed by atoms with van der Waals surface area (Å²) in [5.74, 6) is -0.956. The lowest BCUT2D eigenvalue weighted by molar-refractivity contribution is -0.119. The van der Waals surface area contributed by atoms with Crippen molar-refractivity contribution in [1.29, 1.82) is 0 Å². The van der Waals surface area contributed by atoms with E-state index in [1.807, 2.05) is 6.92 Å². The van der Waals surface area contributed by atoms with E-state index in [1.165, 1.54) is 7.05 Å². The molecule has 1 aliphatic rings. The van der Waals surface area contributed by atoms with Gasteiger partial charge >= 0.3 is 0 Å². The van der Waals surface area contributed by atoms with Gasteiger partial charge in [-0.25, -0.2) is 13.1 Å². The van der Waals surface area contributed by atoms with E-state index < -0.39 is 21.7 Å². The minimum atomic E-state index is -3.47. The van der Waals surface area contributed by atoms with Crippen LogP contribution in [0.2, 0.25) is 0 Å². The topological polar surface area (TPSA) is 87.3 Å². The standard InChI is InChI=1S/C9H19N3O3S.ClH/c1-7-8(4-3-5-11-7)12-9(13)6-16(14,15)10-2;/h7-8,10-11H,3-6H2,1-2H3,(H,12,13);1H. The highest BCUT2D eigenvalue weighted by Crippen LogP contribution is 2.07. The van der Waals surface area contributed by atoms with Gasteiger partial charge in [-0.2, -0.15) is 0 Å². The van der Waals surface area contributed by atoms with E-state index in [0.29, 0.717) is 0 Å². The Hall–Kier alpha value is -0.370. The lowest BCUT2D eigenvalue weighted by Gasteiger charge is -2.30. The van der Waals surface area contributed by atoms with Gasteiger partial charge in [-0.05, 0) is 33.4 Å². The number of carbonyl (C=O) groups is 1. The highest BCUT2D eigenvalue weighted by molar-refractivity contribution is 7.90. The SMILES string of the molecule is CNS(=O)(=O)CC(=O)NC1CCCNC1C.Cl. The Morgan fingerprint density at radius 1 is 1.47 bits per heavy atom. The van der Waals surface area contributed by atoms with Gasteiger partial charge in [0.05, 0.1) is 0 Å². The second kappa shape index (κ2) is 7.15. The molecule has 0 saturated carbocycles. The Kier molecular flexibility index (Phi) is 6.99. The minimum absolute atomic E-state index is 0. The largest absolute Gasteiger partial charge is 0.351 e. The van der Waals surface area contributed by atoms with Gasteiger partial charge in [-0.1, -0.05) is 0 Å². The molecule has 8 heteroatoms. The molecule has 0 aromatic carbocycles. The molecule has 0 aliphatic carbocycles. The summed E-state index contributed by atoms with van der Waals surface area (Å²) in [5.41, 5.74) is 0. The fourth-order valence-corrected chi connectivity index (χ4v) is 2.31. The zero-order valence-corrected chi connectivity index (χ0v) is 11.7. The number of sulfonamides is 1. The van der Waals surface area contributed by atoms with E-state index >= 15 is 0 Å². The Morgan fingerprint density at radius 2 is 2.12 bits per heavy atom. The third kappa shape index (κ3) is 5.67. The summed E-state index contributed by atoms with van der Waals surface area (Å²) in [7, 11) is -2.17. The predicted octanol–water partition coefficient (Wildman–Crippen LogP) is -0.786. The van der Waals surface area contributed by atoms with Crippen LogP contribution in [0.25, 0.3) is 0 Å². The molecule has 1 amide bonds. The number of hydrogen-bond donors (Lipinski definition) is 3. The van der Waals surface area contributed by atoms with Gasteiger partial charge in [0, 0.05) is 12.1 Å². The van der Waals surface area contributed by atoms with Crippen LogP contribution in [-0.4, -0.2) is 45.8 Å². The normalized spacial score (nSPS) is 24.8. The van der Waals surface area contributed by atoms with Crippen LogP contribution < -0.4 is 15.4 Å². The van der Waals surface area contributed by atoms with Gasteiger partial charge in [-0.3, -0.25) is 4.79 Å². The Labute approximate surface area is 108 Å². The Morgan fingerprint density at radius 3 is 2.65 bits per heavy atom. The van der Waals surface area contributed by atoms with Crippen molar-refractivity contribution in [3.63, 3.8) is 0 Å². The zero-order valence-electron chi connectivity index (χ0n) is 10.0. The zero-order chi connectivity index (χ0) is 12.2. The number of rotatable bonds is 4. The van der Waals surface area contributed by atoms with Crippen molar-refractivity contribution in [2.24, 2.45) is 0 Å². The molecule has 6 nitrogen and oxygen atoms in total. The Balaban J connectivity index is 0.00000256. The quantitative estimate of drug-likeness (QED) is 0.632. The van der Waals surface area contributed by atoms with Gasteiger partial charge in [0.2, 0.25) is 15.9 Å². The van der Waals surface area contributed by atoms with Gasteiger partial charge in [0.25, 0.3) is 0 Å². The summed E-state index contributed by atoms with van der Waals surface area (Å²) >= 11 is 0. The fraction of sp³-hybridized carbons (Fsp3) is 0.889. The average Bonchev–Trinajstić information content (AvgIpc) is 2.21. The van der Waals surface area contributed by atoms with Crippen LogP contribution in [-0.2, 0) is 14.8 Å². The van der Waals surface area contributed by atoms with Crippen molar-refractivity contribution in [3.05, 3.63) is 0 Å². The molecule has 1 rings (SSSR count). The molecule has 1 heterocycles. The van der Waals surface area contributed by atoms with Crippen molar-refractivity contribution < 1.29 is 13.2 Å². The van der Waals surface area contributed by atoms with E-state index in [-0.39, 0.29) is 24.5 Å². The number of carbonyl (C=O) groups excluding carboxylic acids is 1. The molecule has 0 spiro atoms. The molecule has 17 heavy (non-hydrogen) atoms. The van der Waals surface area contributed by atoms with Crippen LogP contribution in [0.3, 0.4) is 0 Å². The molecule has 0 radical (unpaired) electrons. The second-order valence-electron chi connectivity index (χ2n) is 4.02. The van der Waals surface area contributed by atoms with Crippen LogP contribution in [0.1, 0.15) is 19.8 Å². The van der Waals surface area contributed by atoms with Crippen molar-refractivity contribution in [3.8, 4) is 0 Å².